The van der Waals surface area contributed by atoms with Crippen LogP contribution in [-0.4, -0.2) is 31.3 Å². The Balaban J connectivity index is 1.59. The van der Waals surface area contributed by atoms with E-state index in [0.717, 1.165) is 15.7 Å². The summed E-state index contributed by atoms with van der Waals surface area (Å²) in [5.41, 5.74) is 3.28. The van der Waals surface area contributed by atoms with Gasteiger partial charge in [0.05, 0.1) is 16.4 Å². The number of carbonyl (C=O) groups is 1. The van der Waals surface area contributed by atoms with Crippen LogP contribution in [0, 0.1) is 17.0 Å². The van der Waals surface area contributed by atoms with Crippen molar-refractivity contribution in [3.63, 3.8) is 0 Å². The second-order valence-corrected chi connectivity index (χ2v) is 8.90. The summed E-state index contributed by atoms with van der Waals surface area (Å²) in [6.07, 6.45) is 0. The molecule has 0 radical (unpaired) electrons. The molecule has 0 aliphatic rings. The smallest absolute Gasteiger partial charge is 0.269 e. The molecular formula is C23H18BrN5O3S. The number of nitro benzene ring substituents is 1. The molecule has 1 heterocycles. The van der Waals surface area contributed by atoms with Gasteiger partial charge in [-0.2, -0.15) is 0 Å². The number of thioether (sulfide) groups is 1. The Morgan fingerprint density at radius 1 is 1.09 bits per heavy atom. The number of hydrogen-bond donors (Lipinski definition) is 1. The summed E-state index contributed by atoms with van der Waals surface area (Å²) < 4.78 is 2.65. The average Bonchev–Trinajstić information content (AvgIpc) is 3.24. The van der Waals surface area contributed by atoms with Crippen LogP contribution in [0.15, 0.2) is 82.4 Å². The van der Waals surface area contributed by atoms with Crippen molar-refractivity contribution >= 4 is 45.0 Å². The summed E-state index contributed by atoms with van der Waals surface area (Å²) in [5, 5.41) is 23.0. The summed E-state index contributed by atoms with van der Waals surface area (Å²) in [4.78, 5) is 23.1. The lowest BCUT2D eigenvalue weighted by molar-refractivity contribution is -0.384. The molecule has 0 aliphatic heterocycles. The molecule has 1 N–H and O–H groups in total. The van der Waals surface area contributed by atoms with E-state index in [1.165, 1.54) is 23.9 Å². The van der Waals surface area contributed by atoms with Gasteiger partial charge in [-0.1, -0.05) is 36.0 Å². The van der Waals surface area contributed by atoms with Crippen LogP contribution in [0.3, 0.4) is 0 Å². The Hall–Kier alpha value is -3.50. The first-order valence-corrected chi connectivity index (χ1v) is 11.6. The molecule has 166 valence electrons. The van der Waals surface area contributed by atoms with Crippen LogP contribution in [0.1, 0.15) is 5.56 Å². The lowest BCUT2D eigenvalue weighted by atomic mass is 10.2. The predicted molar refractivity (Wildman–Crippen MR) is 132 cm³/mol. The zero-order valence-corrected chi connectivity index (χ0v) is 19.8. The van der Waals surface area contributed by atoms with Gasteiger partial charge in [-0.15, -0.1) is 10.2 Å². The number of rotatable bonds is 7. The highest BCUT2D eigenvalue weighted by Crippen LogP contribution is 2.29. The molecule has 8 nitrogen and oxygen atoms in total. The maximum Gasteiger partial charge on any atom is 0.269 e. The summed E-state index contributed by atoms with van der Waals surface area (Å²) in [7, 11) is 0. The number of aromatic nitrogens is 3. The van der Waals surface area contributed by atoms with Crippen molar-refractivity contribution in [3.05, 3.63) is 92.9 Å². The molecule has 1 amide bonds. The first-order valence-electron chi connectivity index (χ1n) is 9.87. The number of halogens is 1. The van der Waals surface area contributed by atoms with E-state index in [0.29, 0.717) is 22.2 Å². The van der Waals surface area contributed by atoms with E-state index in [1.807, 2.05) is 60.0 Å². The Kier molecular flexibility index (Phi) is 6.85. The van der Waals surface area contributed by atoms with Crippen LogP contribution >= 0.6 is 27.7 Å². The van der Waals surface area contributed by atoms with Gasteiger partial charge in [0.15, 0.2) is 11.0 Å². The van der Waals surface area contributed by atoms with Crippen LogP contribution in [0.4, 0.5) is 11.4 Å². The van der Waals surface area contributed by atoms with Crippen molar-refractivity contribution in [2.45, 2.75) is 12.1 Å². The van der Waals surface area contributed by atoms with E-state index in [9.17, 15) is 14.9 Å². The molecular weight excluding hydrogens is 506 g/mol. The van der Waals surface area contributed by atoms with Crippen LogP contribution < -0.4 is 5.32 Å². The quantitative estimate of drug-likeness (QED) is 0.191. The molecule has 0 aliphatic carbocycles. The van der Waals surface area contributed by atoms with Crippen LogP contribution in [0.2, 0.25) is 0 Å². The van der Waals surface area contributed by atoms with Crippen LogP contribution in [0.25, 0.3) is 17.1 Å². The Bertz CT molecular complexity index is 1310. The molecule has 4 aromatic rings. The fourth-order valence-corrected chi connectivity index (χ4v) is 4.47. The highest BCUT2D eigenvalue weighted by atomic mass is 79.9. The topological polar surface area (TPSA) is 103 Å². The number of nitro groups is 1. The van der Waals surface area contributed by atoms with Gasteiger partial charge in [-0.3, -0.25) is 19.5 Å². The van der Waals surface area contributed by atoms with Gasteiger partial charge in [-0.25, -0.2) is 0 Å². The minimum atomic E-state index is -0.446. The lowest BCUT2D eigenvalue weighted by Gasteiger charge is -2.11. The zero-order valence-electron chi connectivity index (χ0n) is 17.4. The number of non-ortho nitro benzene ring substituents is 1. The summed E-state index contributed by atoms with van der Waals surface area (Å²) in [6, 6.07) is 21.3. The standard InChI is InChI=1S/C23H18BrN5O3S/c1-15-7-12-20(19(24)13-15)25-21(30)14-33-23-27-26-22(28(23)17-5-3-2-4-6-17)16-8-10-18(11-9-16)29(31)32/h2-13H,14H2,1H3,(H,25,30). The molecule has 0 bridgehead atoms. The third kappa shape index (κ3) is 5.29. The molecule has 10 heteroatoms. The average molecular weight is 524 g/mol. The highest BCUT2D eigenvalue weighted by Gasteiger charge is 2.18. The van der Waals surface area contributed by atoms with Crippen molar-refractivity contribution < 1.29 is 9.72 Å². The number of hydrogen-bond acceptors (Lipinski definition) is 6. The van der Waals surface area contributed by atoms with Crippen molar-refractivity contribution in [1.29, 1.82) is 0 Å². The molecule has 0 saturated carbocycles. The maximum atomic E-state index is 12.6. The van der Waals surface area contributed by atoms with Crippen LogP contribution in [-0.2, 0) is 4.79 Å². The van der Waals surface area contributed by atoms with Crippen molar-refractivity contribution in [1.82, 2.24) is 14.8 Å². The molecule has 1 aromatic heterocycles. The number of benzene rings is 3. The molecule has 0 unspecified atom stereocenters. The maximum absolute atomic E-state index is 12.6. The Morgan fingerprint density at radius 2 is 1.82 bits per heavy atom. The largest absolute Gasteiger partial charge is 0.324 e. The number of nitrogens with one attached hydrogen (secondary N) is 1. The third-order valence-corrected chi connectivity index (χ3v) is 6.30. The van der Waals surface area contributed by atoms with Gasteiger partial charge in [0.1, 0.15) is 0 Å². The number of aryl methyl sites for hydroxylation is 1. The number of nitrogens with zero attached hydrogens (tertiary/aromatic N) is 4. The SMILES string of the molecule is Cc1ccc(NC(=O)CSc2nnc(-c3ccc([N+](=O)[O-])cc3)n2-c2ccccc2)c(Br)c1. The predicted octanol–water partition coefficient (Wildman–Crippen LogP) is 5.64. The van der Waals surface area contributed by atoms with E-state index in [4.69, 9.17) is 0 Å². The number of anilines is 1. The normalized spacial score (nSPS) is 10.7. The number of para-hydroxylation sites is 1. The van der Waals surface area contributed by atoms with Gasteiger partial charge >= 0.3 is 0 Å². The van der Waals surface area contributed by atoms with E-state index in [1.54, 1.807) is 12.1 Å². The first kappa shape index (κ1) is 22.7. The minimum absolute atomic E-state index is 0.00179. The molecule has 0 saturated heterocycles. The highest BCUT2D eigenvalue weighted by molar-refractivity contribution is 9.10. The summed E-state index contributed by atoms with van der Waals surface area (Å²) in [6.45, 7) is 1.98. The Labute approximate surface area is 202 Å². The van der Waals surface area contributed by atoms with Crippen molar-refractivity contribution in [3.8, 4) is 17.1 Å². The van der Waals surface area contributed by atoms with Crippen molar-refractivity contribution in [2.75, 3.05) is 11.1 Å². The lowest BCUT2D eigenvalue weighted by Crippen LogP contribution is -2.15. The van der Waals surface area contributed by atoms with E-state index in [-0.39, 0.29) is 17.3 Å². The zero-order chi connectivity index (χ0) is 23.4. The second kappa shape index (κ2) is 9.97. The molecule has 0 spiro atoms. The van der Waals surface area contributed by atoms with Gasteiger partial charge in [-0.05, 0) is 64.8 Å². The fraction of sp³-hybridized carbons (Fsp3) is 0.0870. The monoisotopic (exact) mass is 523 g/mol. The number of carbonyl (C=O) groups excluding carboxylic acids is 1. The van der Waals surface area contributed by atoms with E-state index >= 15 is 0 Å². The van der Waals surface area contributed by atoms with Gasteiger partial charge in [0.2, 0.25) is 5.91 Å². The summed E-state index contributed by atoms with van der Waals surface area (Å²) >= 11 is 4.72. The van der Waals surface area contributed by atoms with Crippen molar-refractivity contribution in [2.24, 2.45) is 0 Å². The van der Waals surface area contributed by atoms with E-state index in [2.05, 4.69) is 31.4 Å². The summed E-state index contributed by atoms with van der Waals surface area (Å²) in [5.74, 6) is 0.482. The second-order valence-electron chi connectivity index (χ2n) is 7.10. The van der Waals surface area contributed by atoms with E-state index < -0.39 is 4.92 Å². The van der Waals surface area contributed by atoms with Crippen LogP contribution in [0.5, 0.6) is 0 Å². The van der Waals surface area contributed by atoms with Gasteiger partial charge in [0.25, 0.3) is 5.69 Å². The third-order valence-electron chi connectivity index (χ3n) is 4.72. The van der Waals surface area contributed by atoms with Gasteiger partial charge < -0.3 is 5.32 Å². The first-order chi connectivity index (χ1) is 15.9. The van der Waals surface area contributed by atoms with Gasteiger partial charge in [0, 0.05) is 27.9 Å². The molecule has 0 fully saturated rings. The minimum Gasteiger partial charge on any atom is -0.324 e. The molecule has 0 atom stereocenters. The number of amides is 1. The molecule has 4 rings (SSSR count). The fourth-order valence-electron chi connectivity index (χ4n) is 3.13. The Morgan fingerprint density at radius 3 is 2.48 bits per heavy atom. The molecule has 33 heavy (non-hydrogen) atoms. The molecule has 3 aromatic carbocycles.